The Morgan fingerprint density at radius 1 is 1.29 bits per heavy atom. The Morgan fingerprint density at radius 2 is 2.05 bits per heavy atom. The minimum Gasteiger partial charge on any atom is -0.493 e. The summed E-state index contributed by atoms with van der Waals surface area (Å²) in [6.45, 7) is 4.28. The maximum Gasteiger partial charge on any atom is 0.240 e. The highest BCUT2D eigenvalue weighted by molar-refractivity contribution is 5.82. The van der Waals surface area contributed by atoms with Gasteiger partial charge in [-0.2, -0.15) is 0 Å². The van der Waals surface area contributed by atoms with Crippen molar-refractivity contribution in [3.05, 3.63) is 23.8 Å². The van der Waals surface area contributed by atoms with Crippen LogP contribution >= 0.6 is 0 Å². The van der Waals surface area contributed by atoms with E-state index in [1.54, 1.807) is 14.2 Å². The van der Waals surface area contributed by atoms with E-state index in [9.17, 15) is 4.79 Å². The first kappa shape index (κ1) is 15.6. The topological polar surface area (TPSA) is 50.8 Å². The molecule has 1 aliphatic rings. The van der Waals surface area contributed by atoms with Gasteiger partial charge < -0.3 is 19.7 Å². The van der Waals surface area contributed by atoms with Crippen LogP contribution in [-0.4, -0.2) is 44.2 Å². The van der Waals surface area contributed by atoms with Gasteiger partial charge in [-0.1, -0.05) is 13.0 Å². The Hall–Kier alpha value is -1.75. The highest BCUT2D eigenvalue weighted by atomic mass is 16.5. The second-order valence-electron chi connectivity index (χ2n) is 5.20. The van der Waals surface area contributed by atoms with Crippen LogP contribution in [0.2, 0.25) is 0 Å². The van der Waals surface area contributed by atoms with E-state index in [0.29, 0.717) is 18.0 Å². The zero-order valence-corrected chi connectivity index (χ0v) is 13.0. The summed E-state index contributed by atoms with van der Waals surface area (Å²) in [6.07, 6.45) is 1.96. The average Bonchev–Trinajstić information content (AvgIpc) is 2.51. The molecule has 116 valence electrons. The molecule has 1 amide bonds. The predicted molar refractivity (Wildman–Crippen MR) is 81.7 cm³/mol. The first-order valence-corrected chi connectivity index (χ1v) is 7.42. The lowest BCUT2D eigenvalue weighted by Crippen LogP contribution is -2.50. The van der Waals surface area contributed by atoms with Crippen LogP contribution in [-0.2, 0) is 11.3 Å². The van der Waals surface area contributed by atoms with Crippen molar-refractivity contribution < 1.29 is 14.3 Å². The highest BCUT2D eigenvalue weighted by Crippen LogP contribution is 2.28. The van der Waals surface area contributed by atoms with Crippen molar-refractivity contribution in [3.63, 3.8) is 0 Å². The largest absolute Gasteiger partial charge is 0.493 e. The number of likely N-dealkylation sites (N-methyl/N-ethyl adjacent to an activating group) is 1. The number of rotatable bonds is 6. The number of hydrogen-bond acceptors (Lipinski definition) is 4. The molecule has 5 heteroatoms. The zero-order valence-electron chi connectivity index (χ0n) is 13.0. The number of ether oxygens (including phenoxy) is 2. The van der Waals surface area contributed by atoms with Gasteiger partial charge in [-0.25, -0.2) is 0 Å². The van der Waals surface area contributed by atoms with Crippen LogP contribution in [0.3, 0.4) is 0 Å². The maximum atomic E-state index is 12.4. The minimum absolute atomic E-state index is 0.0381. The van der Waals surface area contributed by atoms with Gasteiger partial charge in [0.25, 0.3) is 0 Å². The zero-order chi connectivity index (χ0) is 15.2. The number of piperidine rings is 1. The molecule has 1 N–H and O–H groups in total. The van der Waals surface area contributed by atoms with Crippen LogP contribution in [0.5, 0.6) is 11.5 Å². The van der Waals surface area contributed by atoms with Crippen molar-refractivity contribution >= 4 is 5.91 Å². The molecule has 0 saturated carbocycles. The van der Waals surface area contributed by atoms with Crippen molar-refractivity contribution in [2.24, 2.45) is 0 Å². The highest BCUT2D eigenvalue weighted by Gasteiger charge is 2.27. The van der Waals surface area contributed by atoms with Crippen LogP contribution in [0.4, 0.5) is 0 Å². The van der Waals surface area contributed by atoms with Crippen molar-refractivity contribution in [2.45, 2.75) is 32.4 Å². The number of amides is 1. The molecule has 1 fully saturated rings. The lowest BCUT2D eigenvalue weighted by Gasteiger charge is -2.32. The lowest BCUT2D eigenvalue weighted by molar-refractivity contribution is -0.136. The number of carbonyl (C=O) groups excluding carboxylic acids is 1. The van der Waals surface area contributed by atoms with Crippen LogP contribution in [0.1, 0.15) is 25.3 Å². The minimum atomic E-state index is -0.0381. The molecule has 2 rings (SSSR count). The van der Waals surface area contributed by atoms with Crippen molar-refractivity contribution in [2.75, 3.05) is 27.3 Å². The van der Waals surface area contributed by atoms with E-state index >= 15 is 0 Å². The van der Waals surface area contributed by atoms with Gasteiger partial charge in [0.1, 0.15) is 0 Å². The molecule has 0 radical (unpaired) electrons. The summed E-state index contributed by atoms with van der Waals surface area (Å²) < 4.78 is 10.5. The molecule has 21 heavy (non-hydrogen) atoms. The van der Waals surface area contributed by atoms with E-state index in [0.717, 1.165) is 31.5 Å². The number of benzene rings is 1. The Labute approximate surface area is 126 Å². The third-order valence-electron chi connectivity index (χ3n) is 3.80. The van der Waals surface area contributed by atoms with Crippen LogP contribution in [0.15, 0.2) is 18.2 Å². The number of nitrogens with zero attached hydrogens (tertiary/aromatic N) is 1. The normalized spacial score (nSPS) is 18.7. The molecule has 1 saturated heterocycles. The first-order chi connectivity index (χ1) is 10.2. The van der Waals surface area contributed by atoms with Crippen molar-refractivity contribution in [1.29, 1.82) is 0 Å². The van der Waals surface area contributed by atoms with E-state index in [2.05, 4.69) is 5.32 Å². The fraction of sp³-hybridized carbons (Fsp3) is 0.562. The van der Waals surface area contributed by atoms with Gasteiger partial charge in [-0.3, -0.25) is 4.79 Å². The molecule has 1 unspecified atom stereocenters. The van der Waals surface area contributed by atoms with Crippen molar-refractivity contribution in [3.8, 4) is 11.5 Å². The van der Waals surface area contributed by atoms with E-state index < -0.39 is 0 Å². The number of likely N-dealkylation sites (tertiary alicyclic amines) is 1. The lowest BCUT2D eigenvalue weighted by atomic mass is 10.0. The van der Waals surface area contributed by atoms with E-state index in [1.165, 1.54) is 0 Å². The van der Waals surface area contributed by atoms with Crippen LogP contribution in [0, 0.1) is 0 Å². The molecule has 0 aromatic heterocycles. The predicted octanol–water partition coefficient (Wildman–Crippen LogP) is 1.80. The third-order valence-corrected chi connectivity index (χ3v) is 3.80. The number of hydrogen-bond donors (Lipinski definition) is 1. The summed E-state index contributed by atoms with van der Waals surface area (Å²) in [6, 6.07) is 5.75. The van der Waals surface area contributed by atoms with E-state index in [4.69, 9.17) is 9.47 Å². The standard InChI is InChI=1S/C16H24N2O3/c1-4-17-13-6-5-9-18(16(13)19)11-12-7-8-14(20-2)15(10-12)21-3/h7-8,10,13,17H,4-6,9,11H2,1-3H3. The van der Waals surface area contributed by atoms with Crippen LogP contribution < -0.4 is 14.8 Å². The summed E-state index contributed by atoms with van der Waals surface area (Å²) >= 11 is 0. The number of nitrogens with one attached hydrogen (secondary N) is 1. The molecule has 0 aliphatic carbocycles. The quantitative estimate of drug-likeness (QED) is 0.869. The maximum absolute atomic E-state index is 12.4. The number of methoxy groups -OCH3 is 2. The monoisotopic (exact) mass is 292 g/mol. The van der Waals surface area contributed by atoms with E-state index in [-0.39, 0.29) is 11.9 Å². The molecule has 0 spiro atoms. The van der Waals surface area contributed by atoms with Crippen LogP contribution in [0.25, 0.3) is 0 Å². The van der Waals surface area contributed by atoms with E-state index in [1.807, 2.05) is 30.0 Å². The molecule has 1 atom stereocenters. The van der Waals surface area contributed by atoms with Gasteiger partial charge in [0.2, 0.25) is 5.91 Å². The van der Waals surface area contributed by atoms with Gasteiger partial charge in [0.05, 0.1) is 20.3 Å². The Balaban J connectivity index is 2.08. The Kier molecular flexibility index (Phi) is 5.44. The average molecular weight is 292 g/mol. The molecular formula is C16H24N2O3. The third kappa shape index (κ3) is 3.67. The molecule has 1 aliphatic heterocycles. The first-order valence-electron chi connectivity index (χ1n) is 7.42. The molecular weight excluding hydrogens is 268 g/mol. The summed E-state index contributed by atoms with van der Waals surface area (Å²) in [5.41, 5.74) is 1.05. The van der Waals surface area contributed by atoms with Gasteiger partial charge in [-0.15, -0.1) is 0 Å². The molecule has 1 aromatic rings. The summed E-state index contributed by atoms with van der Waals surface area (Å²) in [7, 11) is 3.24. The van der Waals surface area contributed by atoms with Crippen molar-refractivity contribution in [1.82, 2.24) is 10.2 Å². The van der Waals surface area contributed by atoms with Gasteiger partial charge in [0, 0.05) is 13.1 Å². The summed E-state index contributed by atoms with van der Waals surface area (Å²) in [4.78, 5) is 14.3. The van der Waals surface area contributed by atoms with Gasteiger partial charge in [0.15, 0.2) is 11.5 Å². The smallest absolute Gasteiger partial charge is 0.240 e. The van der Waals surface area contributed by atoms with Gasteiger partial charge in [-0.05, 0) is 37.1 Å². The second kappa shape index (κ2) is 7.31. The Bertz CT molecular complexity index is 488. The number of carbonyl (C=O) groups is 1. The summed E-state index contributed by atoms with van der Waals surface area (Å²) in [5.74, 6) is 1.59. The SMILES string of the molecule is CCNC1CCCN(Cc2ccc(OC)c(OC)c2)C1=O. The molecule has 5 nitrogen and oxygen atoms in total. The molecule has 1 heterocycles. The molecule has 0 bridgehead atoms. The summed E-state index contributed by atoms with van der Waals surface area (Å²) in [5, 5.41) is 3.25. The Morgan fingerprint density at radius 3 is 2.71 bits per heavy atom. The molecule has 1 aromatic carbocycles. The fourth-order valence-corrected chi connectivity index (χ4v) is 2.73. The fourth-order valence-electron chi connectivity index (χ4n) is 2.73. The second-order valence-corrected chi connectivity index (χ2v) is 5.20. The van der Waals surface area contributed by atoms with Gasteiger partial charge >= 0.3 is 0 Å².